The van der Waals surface area contributed by atoms with Gasteiger partial charge in [-0.15, -0.1) is 0 Å². The summed E-state index contributed by atoms with van der Waals surface area (Å²) in [6.45, 7) is 3.70. The van der Waals surface area contributed by atoms with Gasteiger partial charge in [0.25, 0.3) is 0 Å². The van der Waals surface area contributed by atoms with Crippen molar-refractivity contribution in [1.82, 2.24) is 0 Å². The molecule has 0 saturated heterocycles. The van der Waals surface area contributed by atoms with Crippen molar-refractivity contribution in [3.63, 3.8) is 0 Å². The maximum Gasteiger partial charge on any atom is 0.343 e. The fourth-order valence-corrected chi connectivity index (χ4v) is 2.41. The van der Waals surface area contributed by atoms with Crippen molar-refractivity contribution < 1.29 is 24.2 Å². The molecule has 3 aromatic carbocycles. The molecule has 27 heavy (non-hydrogen) atoms. The number of aryl methyl sites for hydroxylation is 2. The van der Waals surface area contributed by atoms with Crippen LogP contribution in [0, 0.1) is 13.8 Å². The highest BCUT2D eigenvalue weighted by Crippen LogP contribution is 2.25. The molecule has 0 atom stereocenters. The molecule has 0 aliphatic heterocycles. The van der Waals surface area contributed by atoms with Crippen molar-refractivity contribution in [2.45, 2.75) is 13.8 Å². The Hall–Kier alpha value is -3.60. The number of carbonyl (C=O) groups is 2. The summed E-state index contributed by atoms with van der Waals surface area (Å²) in [5, 5.41) is 9.27. The van der Waals surface area contributed by atoms with Gasteiger partial charge in [-0.25, -0.2) is 9.59 Å². The molecule has 1 N–H and O–H groups in total. The Balaban J connectivity index is 1.69. The number of aromatic hydroxyl groups is 1. The first-order valence-electron chi connectivity index (χ1n) is 8.33. The second kappa shape index (κ2) is 7.74. The number of rotatable bonds is 4. The molecule has 3 aromatic rings. The van der Waals surface area contributed by atoms with Crippen LogP contribution in [-0.4, -0.2) is 17.0 Å². The van der Waals surface area contributed by atoms with Gasteiger partial charge in [-0.05, 0) is 74.0 Å². The Labute approximate surface area is 156 Å². The maximum atomic E-state index is 12.2. The summed E-state index contributed by atoms with van der Waals surface area (Å²) in [6.07, 6.45) is 0. The van der Waals surface area contributed by atoms with Gasteiger partial charge in [0.1, 0.15) is 17.2 Å². The van der Waals surface area contributed by atoms with E-state index >= 15 is 0 Å². The third-order valence-corrected chi connectivity index (χ3v) is 3.95. The Morgan fingerprint density at radius 3 is 1.89 bits per heavy atom. The third-order valence-electron chi connectivity index (χ3n) is 3.95. The van der Waals surface area contributed by atoms with E-state index in [-0.39, 0.29) is 5.75 Å². The van der Waals surface area contributed by atoms with Crippen LogP contribution in [0.2, 0.25) is 0 Å². The number of hydrogen-bond acceptors (Lipinski definition) is 5. The van der Waals surface area contributed by atoms with E-state index in [0.717, 1.165) is 5.56 Å². The zero-order chi connectivity index (χ0) is 19.4. The minimum Gasteiger partial charge on any atom is -0.508 e. The predicted molar refractivity (Wildman–Crippen MR) is 100 cm³/mol. The van der Waals surface area contributed by atoms with Gasteiger partial charge in [0.2, 0.25) is 0 Å². The monoisotopic (exact) mass is 362 g/mol. The van der Waals surface area contributed by atoms with Gasteiger partial charge in [-0.3, -0.25) is 0 Å². The minimum absolute atomic E-state index is 0.0714. The smallest absolute Gasteiger partial charge is 0.343 e. The molecule has 0 heterocycles. The first-order chi connectivity index (χ1) is 12.9. The molecule has 0 amide bonds. The number of esters is 2. The first-order valence-corrected chi connectivity index (χ1v) is 8.33. The lowest BCUT2D eigenvalue weighted by Gasteiger charge is -2.10. The fourth-order valence-electron chi connectivity index (χ4n) is 2.41. The Morgan fingerprint density at radius 2 is 1.30 bits per heavy atom. The topological polar surface area (TPSA) is 72.8 Å². The largest absolute Gasteiger partial charge is 0.508 e. The fraction of sp³-hybridized carbons (Fsp3) is 0.0909. The number of phenols is 1. The summed E-state index contributed by atoms with van der Waals surface area (Å²) >= 11 is 0. The zero-order valence-corrected chi connectivity index (χ0v) is 14.9. The van der Waals surface area contributed by atoms with E-state index in [4.69, 9.17) is 9.47 Å². The Morgan fingerprint density at radius 1 is 0.741 bits per heavy atom. The van der Waals surface area contributed by atoms with Gasteiger partial charge in [-0.2, -0.15) is 0 Å². The van der Waals surface area contributed by atoms with Gasteiger partial charge in [0, 0.05) is 0 Å². The second-order valence-corrected chi connectivity index (χ2v) is 6.12. The average Bonchev–Trinajstić information content (AvgIpc) is 2.65. The zero-order valence-electron chi connectivity index (χ0n) is 14.9. The lowest BCUT2D eigenvalue weighted by atomic mass is 10.1. The van der Waals surface area contributed by atoms with Crippen molar-refractivity contribution in [2.75, 3.05) is 0 Å². The highest BCUT2D eigenvalue weighted by Gasteiger charge is 2.13. The van der Waals surface area contributed by atoms with E-state index in [1.807, 2.05) is 19.1 Å². The van der Waals surface area contributed by atoms with Crippen molar-refractivity contribution in [2.24, 2.45) is 0 Å². The normalized spacial score (nSPS) is 10.3. The van der Waals surface area contributed by atoms with Gasteiger partial charge in [-0.1, -0.05) is 17.7 Å². The van der Waals surface area contributed by atoms with Crippen molar-refractivity contribution >= 4 is 11.9 Å². The van der Waals surface area contributed by atoms with Gasteiger partial charge in [0.05, 0.1) is 11.1 Å². The second-order valence-electron chi connectivity index (χ2n) is 6.12. The lowest BCUT2D eigenvalue weighted by molar-refractivity contribution is 0.0718. The number of benzene rings is 3. The standard InChI is InChI=1S/C22H18O5/c1-14-3-5-16(6-4-14)22(25)27-20-12-11-19(13-15(20)2)26-21(24)17-7-9-18(23)10-8-17/h3-13,23H,1-2H3. The summed E-state index contributed by atoms with van der Waals surface area (Å²) < 4.78 is 10.7. The van der Waals surface area contributed by atoms with E-state index in [9.17, 15) is 14.7 Å². The number of ether oxygens (including phenoxy) is 2. The molecule has 0 bridgehead atoms. The molecule has 0 aliphatic rings. The average molecular weight is 362 g/mol. The lowest BCUT2D eigenvalue weighted by Crippen LogP contribution is -2.10. The van der Waals surface area contributed by atoms with E-state index in [0.29, 0.717) is 28.2 Å². The van der Waals surface area contributed by atoms with Crippen molar-refractivity contribution in [3.05, 3.63) is 89.0 Å². The molecule has 0 fully saturated rings. The molecule has 0 aromatic heterocycles. The van der Waals surface area contributed by atoms with Crippen molar-refractivity contribution in [3.8, 4) is 17.2 Å². The van der Waals surface area contributed by atoms with E-state index in [2.05, 4.69) is 0 Å². The molecular weight excluding hydrogens is 344 g/mol. The van der Waals surface area contributed by atoms with Crippen LogP contribution in [0.1, 0.15) is 31.8 Å². The van der Waals surface area contributed by atoms with Crippen molar-refractivity contribution in [1.29, 1.82) is 0 Å². The molecule has 0 saturated carbocycles. The summed E-state index contributed by atoms with van der Waals surface area (Å²) in [5.41, 5.74) is 2.50. The number of phenolic OH excluding ortho intramolecular Hbond substituents is 1. The van der Waals surface area contributed by atoms with Gasteiger partial charge in [0.15, 0.2) is 0 Å². The maximum absolute atomic E-state index is 12.2. The first kappa shape index (κ1) is 18.2. The predicted octanol–water partition coefficient (Wildman–Crippen LogP) is 4.45. The molecule has 136 valence electrons. The SMILES string of the molecule is Cc1ccc(C(=O)Oc2ccc(OC(=O)c3ccc(O)cc3)cc2C)cc1. The Kier molecular flexibility index (Phi) is 5.22. The van der Waals surface area contributed by atoms with Crippen LogP contribution in [0.3, 0.4) is 0 Å². The van der Waals surface area contributed by atoms with E-state index in [1.165, 1.54) is 24.3 Å². The van der Waals surface area contributed by atoms with Crippen LogP contribution in [-0.2, 0) is 0 Å². The molecule has 0 aliphatic carbocycles. The highest BCUT2D eigenvalue weighted by atomic mass is 16.5. The van der Waals surface area contributed by atoms with Crippen LogP contribution >= 0.6 is 0 Å². The highest BCUT2D eigenvalue weighted by molar-refractivity contribution is 5.92. The quantitative estimate of drug-likeness (QED) is 0.548. The van der Waals surface area contributed by atoms with E-state index in [1.54, 1.807) is 37.3 Å². The summed E-state index contributed by atoms with van der Waals surface area (Å²) in [6, 6.07) is 17.6. The van der Waals surface area contributed by atoms with Crippen LogP contribution in [0.5, 0.6) is 17.2 Å². The summed E-state index contributed by atoms with van der Waals surface area (Å²) in [5.74, 6) is -0.196. The molecule has 5 nitrogen and oxygen atoms in total. The third kappa shape index (κ3) is 4.52. The number of carbonyl (C=O) groups excluding carboxylic acids is 2. The minimum atomic E-state index is -0.543. The Bertz CT molecular complexity index is 973. The van der Waals surface area contributed by atoms with Crippen LogP contribution < -0.4 is 9.47 Å². The van der Waals surface area contributed by atoms with Gasteiger partial charge < -0.3 is 14.6 Å². The molecule has 0 unspecified atom stereocenters. The van der Waals surface area contributed by atoms with E-state index < -0.39 is 11.9 Å². The molecule has 3 rings (SSSR count). The van der Waals surface area contributed by atoms with Crippen LogP contribution in [0.25, 0.3) is 0 Å². The molecule has 5 heteroatoms. The molecule has 0 spiro atoms. The van der Waals surface area contributed by atoms with Crippen LogP contribution in [0.4, 0.5) is 0 Å². The summed E-state index contributed by atoms with van der Waals surface area (Å²) in [4.78, 5) is 24.3. The molecule has 0 radical (unpaired) electrons. The van der Waals surface area contributed by atoms with Crippen LogP contribution in [0.15, 0.2) is 66.7 Å². The number of hydrogen-bond donors (Lipinski definition) is 1. The summed E-state index contributed by atoms with van der Waals surface area (Å²) in [7, 11) is 0. The molecular formula is C22H18O5. The van der Waals surface area contributed by atoms with Gasteiger partial charge >= 0.3 is 11.9 Å².